The third kappa shape index (κ3) is 14.3. The molecule has 0 radical (unpaired) electrons. The van der Waals surface area contributed by atoms with Crippen LogP contribution in [0.1, 0.15) is 19.8 Å². The number of hydrogen-bond acceptors (Lipinski definition) is 8. The molecule has 0 aliphatic rings. The maximum Gasteiger partial charge on any atom is 0.306 e. The Balaban J connectivity index is 3.36. The van der Waals surface area contributed by atoms with Gasteiger partial charge in [0.25, 0.3) is 0 Å². The van der Waals surface area contributed by atoms with Crippen molar-refractivity contribution < 1.29 is 28.5 Å². The fraction of sp³-hybridized carbons (Fsp3) is 0.846. The van der Waals surface area contributed by atoms with E-state index in [1.165, 1.54) is 0 Å². The molecule has 0 aromatic rings. The Bertz CT molecular complexity index is 288. The van der Waals surface area contributed by atoms with Crippen LogP contribution in [0.5, 0.6) is 0 Å². The van der Waals surface area contributed by atoms with Crippen molar-refractivity contribution >= 4 is 37.2 Å². The van der Waals surface area contributed by atoms with E-state index in [2.05, 4.69) is 25.3 Å². The summed E-state index contributed by atoms with van der Waals surface area (Å²) in [4.78, 5) is 22.1. The lowest BCUT2D eigenvalue weighted by atomic mass is 10.4. The second-order valence-electron chi connectivity index (χ2n) is 4.14. The average Bonchev–Trinajstić information content (AvgIpc) is 2.44. The molecule has 0 bridgehead atoms. The first-order valence-corrected chi connectivity index (χ1v) is 8.09. The van der Waals surface area contributed by atoms with Gasteiger partial charge in [-0.05, 0) is 6.92 Å². The topological polar surface area (TPSA) is 71.1 Å². The van der Waals surface area contributed by atoms with E-state index >= 15 is 0 Å². The fourth-order valence-electron chi connectivity index (χ4n) is 1.24. The molecule has 1 unspecified atom stereocenters. The first kappa shape index (κ1) is 20.6. The molecule has 0 aromatic heterocycles. The predicted molar refractivity (Wildman–Crippen MR) is 85.1 cm³/mol. The SMILES string of the molecule is CC(COCCOC(=O)CCS)OCCOC(=O)CCS. The second kappa shape index (κ2) is 14.5. The lowest BCUT2D eigenvalue weighted by Crippen LogP contribution is -2.21. The Morgan fingerprint density at radius 1 is 0.905 bits per heavy atom. The third-order valence-corrected chi connectivity index (χ3v) is 2.67. The van der Waals surface area contributed by atoms with Crippen molar-refractivity contribution in [2.75, 3.05) is 44.5 Å². The van der Waals surface area contributed by atoms with Crippen molar-refractivity contribution in [2.45, 2.75) is 25.9 Å². The van der Waals surface area contributed by atoms with Gasteiger partial charge < -0.3 is 18.9 Å². The highest BCUT2D eigenvalue weighted by molar-refractivity contribution is 7.80. The van der Waals surface area contributed by atoms with Gasteiger partial charge in [0.1, 0.15) is 13.2 Å². The van der Waals surface area contributed by atoms with Gasteiger partial charge in [-0.15, -0.1) is 0 Å². The molecule has 0 saturated heterocycles. The van der Waals surface area contributed by atoms with Crippen molar-refractivity contribution in [2.24, 2.45) is 0 Å². The summed E-state index contributed by atoms with van der Waals surface area (Å²) in [7, 11) is 0. The first-order chi connectivity index (χ1) is 10.1. The predicted octanol–water partition coefficient (Wildman–Crippen LogP) is 1.13. The summed E-state index contributed by atoms with van der Waals surface area (Å²) in [5.74, 6) is 0.396. The number of hydrogen-bond donors (Lipinski definition) is 2. The van der Waals surface area contributed by atoms with Gasteiger partial charge in [0.15, 0.2) is 0 Å². The van der Waals surface area contributed by atoms with Crippen LogP contribution in [0, 0.1) is 0 Å². The molecule has 0 spiro atoms. The molecule has 0 heterocycles. The van der Waals surface area contributed by atoms with E-state index in [1.807, 2.05) is 6.92 Å². The molecule has 0 rings (SSSR count). The number of ether oxygens (including phenoxy) is 4. The zero-order chi connectivity index (χ0) is 15.9. The van der Waals surface area contributed by atoms with Crippen LogP contribution >= 0.6 is 25.3 Å². The molecule has 0 saturated carbocycles. The Hall–Kier alpha value is -0.440. The van der Waals surface area contributed by atoms with Gasteiger partial charge in [0.2, 0.25) is 0 Å². The highest BCUT2D eigenvalue weighted by Gasteiger charge is 2.05. The Kier molecular flexibility index (Phi) is 14.2. The van der Waals surface area contributed by atoms with Crippen LogP contribution in [0.25, 0.3) is 0 Å². The molecular formula is C13H24O6S2. The summed E-state index contributed by atoms with van der Waals surface area (Å²) in [6.07, 6.45) is 0.476. The largest absolute Gasteiger partial charge is 0.463 e. The molecule has 0 N–H and O–H groups in total. The molecule has 0 fully saturated rings. The molecular weight excluding hydrogens is 316 g/mol. The van der Waals surface area contributed by atoms with E-state index < -0.39 is 0 Å². The summed E-state index contributed by atoms with van der Waals surface area (Å²) in [5, 5.41) is 0. The van der Waals surface area contributed by atoms with Crippen molar-refractivity contribution in [3.63, 3.8) is 0 Å². The van der Waals surface area contributed by atoms with Crippen molar-refractivity contribution in [3.05, 3.63) is 0 Å². The molecule has 0 aliphatic heterocycles. The standard InChI is InChI=1S/C13H24O6S2/c1-11(17-6-7-19-13(15)3-9-21)10-16-4-5-18-12(14)2-8-20/h11,20-21H,2-10H2,1H3. The van der Waals surface area contributed by atoms with Gasteiger partial charge in [-0.3, -0.25) is 9.59 Å². The van der Waals surface area contributed by atoms with Gasteiger partial charge in [0, 0.05) is 11.5 Å². The fourth-order valence-corrected chi connectivity index (χ4v) is 1.61. The number of carbonyl (C=O) groups excluding carboxylic acids is 2. The zero-order valence-electron chi connectivity index (χ0n) is 12.3. The molecule has 124 valence electrons. The van der Waals surface area contributed by atoms with E-state index in [4.69, 9.17) is 18.9 Å². The van der Waals surface area contributed by atoms with Crippen molar-refractivity contribution in [3.8, 4) is 0 Å². The normalized spacial score (nSPS) is 12.0. The monoisotopic (exact) mass is 340 g/mol. The second-order valence-corrected chi connectivity index (χ2v) is 5.04. The lowest BCUT2D eigenvalue weighted by Gasteiger charge is -2.13. The molecule has 0 aromatic carbocycles. The minimum Gasteiger partial charge on any atom is -0.463 e. The van der Waals surface area contributed by atoms with Crippen LogP contribution in [0.2, 0.25) is 0 Å². The molecule has 0 amide bonds. The van der Waals surface area contributed by atoms with Crippen LogP contribution < -0.4 is 0 Å². The summed E-state index contributed by atoms with van der Waals surface area (Å²) < 4.78 is 20.5. The van der Waals surface area contributed by atoms with Crippen LogP contribution in [0.4, 0.5) is 0 Å². The van der Waals surface area contributed by atoms with Gasteiger partial charge >= 0.3 is 11.9 Å². The van der Waals surface area contributed by atoms with Crippen LogP contribution in [0.15, 0.2) is 0 Å². The molecule has 0 aliphatic carbocycles. The molecule has 6 nitrogen and oxygen atoms in total. The Morgan fingerprint density at radius 3 is 1.95 bits per heavy atom. The zero-order valence-corrected chi connectivity index (χ0v) is 14.1. The van der Waals surface area contributed by atoms with Crippen LogP contribution in [-0.2, 0) is 28.5 Å². The number of rotatable bonds is 13. The lowest BCUT2D eigenvalue weighted by molar-refractivity contribution is -0.147. The van der Waals surface area contributed by atoms with Crippen molar-refractivity contribution in [1.29, 1.82) is 0 Å². The summed E-state index contributed by atoms with van der Waals surface area (Å²) in [6, 6.07) is 0. The Morgan fingerprint density at radius 2 is 1.43 bits per heavy atom. The molecule has 8 heteroatoms. The smallest absolute Gasteiger partial charge is 0.306 e. The van der Waals surface area contributed by atoms with Crippen LogP contribution in [0.3, 0.4) is 0 Å². The van der Waals surface area contributed by atoms with Crippen molar-refractivity contribution in [1.82, 2.24) is 0 Å². The third-order valence-electron chi connectivity index (χ3n) is 2.22. The van der Waals surface area contributed by atoms with Gasteiger partial charge in [-0.2, -0.15) is 25.3 Å². The first-order valence-electron chi connectivity index (χ1n) is 6.82. The number of thiol groups is 2. The molecule has 21 heavy (non-hydrogen) atoms. The van der Waals surface area contributed by atoms with Gasteiger partial charge in [-0.25, -0.2) is 0 Å². The maximum absolute atomic E-state index is 11.0. The van der Waals surface area contributed by atoms with Gasteiger partial charge in [0.05, 0.1) is 38.8 Å². The van der Waals surface area contributed by atoms with E-state index in [0.29, 0.717) is 44.2 Å². The Labute approximate surface area is 136 Å². The van der Waals surface area contributed by atoms with E-state index in [-0.39, 0.29) is 31.3 Å². The van der Waals surface area contributed by atoms with E-state index in [0.717, 1.165) is 0 Å². The minimum absolute atomic E-state index is 0.123. The van der Waals surface area contributed by atoms with E-state index in [1.54, 1.807) is 0 Å². The average molecular weight is 340 g/mol. The summed E-state index contributed by atoms with van der Waals surface area (Å²) in [6.45, 7) is 3.32. The highest BCUT2D eigenvalue weighted by atomic mass is 32.1. The van der Waals surface area contributed by atoms with Gasteiger partial charge in [-0.1, -0.05) is 0 Å². The summed E-state index contributed by atoms with van der Waals surface area (Å²) >= 11 is 7.87. The van der Waals surface area contributed by atoms with Crippen LogP contribution in [-0.4, -0.2) is 62.6 Å². The number of carbonyl (C=O) groups is 2. The number of esters is 2. The minimum atomic E-state index is -0.277. The van der Waals surface area contributed by atoms with E-state index in [9.17, 15) is 9.59 Å². The summed E-state index contributed by atoms with van der Waals surface area (Å²) in [5.41, 5.74) is 0. The quantitative estimate of drug-likeness (QED) is 0.298. The molecule has 1 atom stereocenters. The maximum atomic E-state index is 11.0. The highest BCUT2D eigenvalue weighted by Crippen LogP contribution is 1.95.